The third-order valence-electron chi connectivity index (χ3n) is 13.3. The molecule has 0 aliphatic rings. The summed E-state index contributed by atoms with van der Waals surface area (Å²) < 4.78 is 45.5. The Morgan fingerprint density at radius 3 is 1.19 bits per heavy atom. The van der Waals surface area contributed by atoms with Gasteiger partial charge in [-0.1, -0.05) is 142 Å². The summed E-state index contributed by atoms with van der Waals surface area (Å²) >= 11 is 0. The minimum atomic E-state index is -4.74. The number of hydrogen-bond donors (Lipinski definition) is 3. The predicted molar refractivity (Wildman–Crippen MR) is 270 cm³/mol. The molecule has 3 unspecified atom stereocenters. The van der Waals surface area contributed by atoms with Crippen molar-refractivity contribution in [3.8, 4) is 0 Å². The van der Waals surface area contributed by atoms with Crippen LogP contribution in [0, 0.1) is 27.7 Å². The van der Waals surface area contributed by atoms with Crippen molar-refractivity contribution in [1.82, 2.24) is 0 Å². The van der Waals surface area contributed by atoms with Gasteiger partial charge in [0, 0.05) is 38.5 Å². The molecule has 0 amide bonds. The van der Waals surface area contributed by atoms with Crippen molar-refractivity contribution in [3.63, 3.8) is 0 Å². The average molecular weight is 980 g/mol. The summed E-state index contributed by atoms with van der Waals surface area (Å²) in [4.78, 5) is 46.4. The average Bonchev–Trinajstić information content (AvgIpc) is 3.74. The van der Waals surface area contributed by atoms with Gasteiger partial charge in [-0.05, 0) is 88.5 Å². The van der Waals surface area contributed by atoms with E-state index in [1.54, 1.807) is 0 Å². The Morgan fingerprint density at radius 2 is 0.824 bits per heavy atom. The van der Waals surface area contributed by atoms with Crippen molar-refractivity contribution in [2.75, 3.05) is 19.8 Å². The SMILES string of the molecule is CCCCCc1oc(CCCCCCCCCCCCC(=O)OCC(COP(=O)(O)OCC(N)C(=O)O)OC(=O)CCCCCCCCCCCCc2oc(CCCCC)c(C)c2C)c(C)c1C. The molecule has 0 aliphatic heterocycles. The van der Waals surface area contributed by atoms with Gasteiger partial charge in [0.15, 0.2) is 6.10 Å². The van der Waals surface area contributed by atoms with Gasteiger partial charge in [-0.25, -0.2) is 4.57 Å². The highest BCUT2D eigenvalue weighted by Crippen LogP contribution is 2.43. The number of ether oxygens (including phenoxy) is 2. The van der Waals surface area contributed by atoms with Crippen LogP contribution in [0.4, 0.5) is 0 Å². The van der Waals surface area contributed by atoms with Gasteiger partial charge in [-0.3, -0.25) is 23.4 Å². The summed E-state index contributed by atoms with van der Waals surface area (Å²) in [6.07, 6.45) is 32.3. The molecule has 2 rings (SSSR count). The van der Waals surface area contributed by atoms with Crippen molar-refractivity contribution in [2.45, 2.75) is 259 Å². The lowest BCUT2D eigenvalue weighted by Crippen LogP contribution is -2.34. The predicted octanol–water partition coefficient (Wildman–Crippen LogP) is 13.9. The van der Waals surface area contributed by atoms with E-state index in [2.05, 4.69) is 41.5 Å². The number of carbonyl (C=O) groups is 3. The summed E-state index contributed by atoms with van der Waals surface area (Å²) in [5.41, 5.74) is 10.7. The summed E-state index contributed by atoms with van der Waals surface area (Å²) in [5.74, 6) is 2.29. The Balaban J connectivity index is 1.59. The molecule has 0 bridgehead atoms. The zero-order valence-electron chi connectivity index (χ0n) is 43.4. The minimum absolute atomic E-state index is 0.144. The number of nitrogens with two attached hydrogens (primary N) is 1. The van der Waals surface area contributed by atoms with E-state index in [9.17, 15) is 23.8 Å². The molecule has 0 saturated carbocycles. The van der Waals surface area contributed by atoms with Crippen molar-refractivity contribution < 1.29 is 56.3 Å². The molecular weight excluding hydrogens is 886 g/mol. The lowest BCUT2D eigenvalue weighted by molar-refractivity contribution is -0.161. The molecule has 13 nitrogen and oxygen atoms in total. The molecule has 4 N–H and O–H groups in total. The summed E-state index contributed by atoms with van der Waals surface area (Å²) in [5, 5.41) is 8.95. The summed E-state index contributed by atoms with van der Waals surface area (Å²) in [7, 11) is -4.74. The molecule has 0 spiro atoms. The van der Waals surface area contributed by atoms with E-state index in [1.165, 1.54) is 142 Å². The van der Waals surface area contributed by atoms with Gasteiger partial charge in [0.25, 0.3) is 0 Å². The number of carboxylic acids is 1. The Bertz CT molecular complexity index is 1720. The van der Waals surface area contributed by atoms with Crippen LogP contribution in [0.3, 0.4) is 0 Å². The lowest BCUT2D eigenvalue weighted by Gasteiger charge is -2.20. The monoisotopic (exact) mass is 980 g/mol. The largest absolute Gasteiger partial charge is 0.480 e. The molecule has 0 aromatic carbocycles. The summed E-state index contributed by atoms with van der Waals surface area (Å²) in [6.45, 7) is 11.5. The van der Waals surface area contributed by atoms with Crippen LogP contribution in [0.25, 0.3) is 0 Å². The Hall–Kier alpha value is -2.96. The van der Waals surface area contributed by atoms with Crippen LogP contribution in [-0.2, 0) is 63.2 Å². The number of rotatable bonds is 44. The van der Waals surface area contributed by atoms with E-state index in [0.29, 0.717) is 12.8 Å². The first-order chi connectivity index (χ1) is 32.7. The number of esters is 2. The number of aliphatic carboxylic acids is 1. The fraction of sp³-hybridized carbons (Fsp3) is 0.796. The lowest BCUT2D eigenvalue weighted by atomic mass is 10.0. The second-order valence-corrected chi connectivity index (χ2v) is 20.6. The second kappa shape index (κ2) is 36.9. The number of furan rings is 2. The molecule has 68 heavy (non-hydrogen) atoms. The first kappa shape index (κ1) is 61.2. The van der Waals surface area contributed by atoms with Crippen molar-refractivity contribution in [2.24, 2.45) is 5.73 Å². The standard InChI is InChI=1S/C54H94NO12P/c1-7-9-27-33-48-42(3)44(5)50(66-48)35-29-23-19-15-11-13-17-21-25-31-37-52(56)62-39-46(40-63-68(60,61)64-41-47(55)54(58)59)65-53(57)38-32-26-22-18-14-12-16-20-24-30-36-51-45(6)43(4)49(67-51)34-28-10-8-2/h46-47H,7-41,55H2,1-6H3,(H,58,59)(H,60,61). The number of unbranched alkanes of at least 4 members (excludes halogenated alkanes) is 22. The van der Waals surface area contributed by atoms with Gasteiger partial charge < -0.3 is 34.0 Å². The van der Waals surface area contributed by atoms with Gasteiger partial charge in [0.2, 0.25) is 0 Å². The molecule has 392 valence electrons. The number of phosphoric acid groups is 1. The maximum Gasteiger partial charge on any atom is 0.472 e. The van der Waals surface area contributed by atoms with Crippen molar-refractivity contribution in [3.05, 3.63) is 45.3 Å². The Morgan fingerprint density at radius 1 is 0.500 bits per heavy atom. The molecule has 2 aromatic rings. The minimum Gasteiger partial charge on any atom is -0.480 e. The number of phosphoric ester groups is 1. The molecule has 14 heteroatoms. The Kier molecular flexibility index (Phi) is 33.2. The van der Waals surface area contributed by atoms with Gasteiger partial charge in [0.1, 0.15) is 35.7 Å². The van der Waals surface area contributed by atoms with Gasteiger partial charge in [-0.15, -0.1) is 0 Å². The van der Waals surface area contributed by atoms with Crippen molar-refractivity contribution in [1.29, 1.82) is 0 Å². The van der Waals surface area contributed by atoms with Gasteiger partial charge in [-0.2, -0.15) is 0 Å². The van der Waals surface area contributed by atoms with E-state index in [-0.39, 0.29) is 19.4 Å². The van der Waals surface area contributed by atoms with Crippen LogP contribution in [0.2, 0.25) is 0 Å². The fourth-order valence-electron chi connectivity index (χ4n) is 8.48. The van der Waals surface area contributed by atoms with Crippen LogP contribution < -0.4 is 5.73 Å². The van der Waals surface area contributed by atoms with Crippen LogP contribution in [0.15, 0.2) is 8.83 Å². The molecule has 0 aliphatic carbocycles. The first-order valence-electron chi connectivity index (χ1n) is 26.8. The van der Waals surface area contributed by atoms with E-state index in [1.807, 2.05) is 0 Å². The molecule has 2 aromatic heterocycles. The van der Waals surface area contributed by atoms with Crippen molar-refractivity contribution >= 4 is 25.7 Å². The highest BCUT2D eigenvalue weighted by Gasteiger charge is 2.28. The maximum absolute atomic E-state index is 12.8. The molecular formula is C54H94NO12P. The van der Waals surface area contributed by atoms with E-state index < -0.39 is 51.1 Å². The van der Waals surface area contributed by atoms with E-state index >= 15 is 0 Å². The molecule has 0 saturated heterocycles. The normalized spacial score (nSPS) is 13.4. The van der Waals surface area contributed by atoms with Crippen LogP contribution in [0.1, 0.15) is 239 Å². The number of aryl methyl sites for hydroxylation is 4. The fourth-order valence-corrected chi connectivity index (χ4v) is 9.26. The van der Waals surface area contributed by atoms with Crippen LogP contribution >= 0.6 is 7.82 Å². The third-order valence-corrected chi connectivity index (χ3v) is 14.2. The Labute approximate surface area is 410 Å². The molecule has 2 heterocycles. The van der Waals surface area contributed by atoms with Crippen LogP contribution in [0.5, 0.6) is 0 Å². The molecule has 3 atom stereocenters. The third kappa shape index (κ3) is 27.4. The van der Waals surface area contributed by atoms with Gasteiger partial charge >= 0.3 is 25.7 Å². The van der Waals surface area contributed by atoms with E-state index in [4.69, 9.17) is 38.2 Å². The second-order valence-electron chi connectivity index (χ2n) is 19.2. The maximum atomic E-state index is 12.8. The quantitative estimate of drug-likeness (QED) is 0.0322. The molecule has 0 fully saturated rings. The molecule has 0 radical (unpaired) electrons. The first-order valence-corrected chi connectivity index (χ1v) is 28.3. The topological polar surface area (TPSA) is 198 Å². The highest BCUT2D eigenvalue weighted by molar-refractivity contribution is 7.47. The zero-order chi connectivity index (χ0) is 50.0. The number of hydrogen-bond acceptors (Lipinski definition) is 11. The highest BCUT2D eigenvalue weighted by atomic mass is 31.2. The number of carbonyl (C=O) groups excluding carboxylic acids is 2. The number of carboxylic acid groups (broad SMARTS) is 1. The summed E-state index contributed by atoms with van der Waals surface area (Å²) in [6, 6.07) is -1.53. The van der Waals surface area contributed by atoms with E-state index in [0.717, 1.165) is 83.5 Å². The van der Waals surface area contributed by atoms with Crippen LogP contribution in [-0.4, -0.2) is 59.9 Å². The zero-order valence-corrected chi connectivity index (χ0v) is 44.3. The smallest absolute Gasteiger partial charge is 0.472 e. The van der Waals surface area contributed by atoms with Gasteiger partial charge in [0.05, 0.1) is 13.2 Å².